The van der Waals surface area contributed by atoms with Gasteiger partial charge >= 0.3 is 0 Å². The number of halogens is 2. The van der Waals surface area contributed by atoms with E-state index in [9.17, 15) is 18.7 Å². The molecule has 1 amide bonds. The van der Waals surface area contributed by atoms with Gasteiger partial charge in [-0.1, -0.05) is 0 Å². The maximum atomic E-state index is 13.8. The Morgan fingerprint density at radius 2 is 2.03 bits per heavy atom. The molecule has 5 heterocycles. The summed E-state index contributed by atoms with van der Waals surface area (Å²) in [5, 5.41) is 20.3. The molecule has 10 nitrogen and oxygen atoms in total. The molecule has 0 aromatic carbocycles. The van der Waals surface area contributed by atoms with Gasteiger partial charge in [-0.3, -0.25) is 9.48 Å². The second-order valence-electron chi connectivity index (χ2n) is 9.98. The Bertz CT molecular complexity index is 1240. The zero-order chi connectivity index (χ0) is 24.2. The largest absolute Gasteiger partial charge is 0.396 e. The van der Waals surface area contributed by atoms with E-state index in [-0.39, 0.29) is 35.2 Å². The second kappa shape index (κ2) is 8.52. The van der Waals surface area contributed by atoms with E-state index in [0.717, 1.165) is 57.8 Å². The lowest BCUT2D eigenvalue weighted by Gasteiger charge is -2.55. The summed E-state index contributed by atoms with van der Waals surface area (Å²) < 4.78 is 35.8. The number of alkyl halides is 2. The fraction of sp³-hybridized carbons (Fsp3) is 0.565. The van der Waals surface area contributed by atoms with Crippen molar-refractivity contribution in [2.75, 3.05) is 43.1 Å². The average molecular weight is 488 g/mol. The van der Waals surface area contributed by atoms with Crippen molar-refractivity contribution in [3.05, 3.63) is 35.9 Å². The number of amides is 1. The number of aliphatic hydroxyl groups is 1. The Morgan fingerprint density at radius 1 is 1.26 bits per heavy atom. The minimum absolute atomic E-state index is 0.0144. The molecule has 2 aliphatic heterocycles. The molecular weight excluding hydrogens is 460 g/mol. The van der Waals surface area contributed by atoms with Crippen LogP contribution in [0.4, 0.5) is 20.3 Å². The third-order valence-corrected chi connectivity index (χ3v) is 7.46. The summed E-state index contributed by atoms with van der Waals surface area (Å²) in [6.45, 7) is 3.36. The molecule has 0 unspecified atom stereocenters. The SMILES string of the molecule is O=C(Nc1cn(C2CCC(CO)CC2)nc1C(F)F)c1cnn2ccc(N3CC4(COC4)C3)nc12. The molecular formula is C23H27F2N7O3. The van der Waals surface area contributed by atoms with Crippen LogP contribution >= 0.6 is 0 Å². The fourth-order valence-electron chi connectivity index (χ4n) is 5.33. The van der Waals surface area contributed by atoms with Crippen LogP contribution in [0.1, 0.15) is 54.2 Å². The first-order valence-electron chi connectivity index (χ1n) is 11.9. The molecule has 186 valence electrons. The molecule has 1 saturated carbocycles. The van der Waals surface area contributed by atoms with E-state index in [1.54, 1.807) is 6.20 Å². The second-order valence-corrected chi connectivity index (χ2v) is 9.98. The monoisotopic (exact) mass is 487 g/mol. The standard InChI is InChI=1S/C23H27F2N7O3/c24-20(25)19-17(8-32(29-19)15-3-1-14(9-33)2-4-15)27-22(34)16-7-26-31-6-5-18(28-21(16)31)30-10-23(11-30)12-35-13-23/h5-8,14-15,20,33H,1-4,9-13H2,(H,27,34). The van der Waals surface area contributed by atoms with Crippen molar-refractivity contribution in [3.8, 4) is 0 Å². The number of fused-ring (bicyclic) bond motifs is 1. The summed E-state index contributed by atoms with van der Waals surface area (Å²) in [4.78, 5) is 19.9. The fourth-order valence-corrected chi connectivity index (χ4v) is 5.33. The predicted molar refractivity (Wildman–Crippen MR) is 122 cm³/mol. The number of nitrogens with one attached hydrogen (secondary N) is 1. The van der Waals surface area contributed by atoms with Crippen molar-refractivity contribution in [1.29, 1.82) is 0 Å². The zero-order valence-electron chi connectivity index (χ0n) is 19.1. The van der Waals surface area contributed by atoms with Gasteiger partial charge in [0.1, 0.15) is 11.4 Å². The van der Waals surface area contributed by atoms with Crippen LogP contribution in [0.25, 0.3) is 5.65 Å². The molecule has 3 aromatic heterocycles. The van der Waals surface area contributed by atoms with E-state index in [4.69, 9.17) is 4.74 Å². The van der Waals surface area contributed by atoms with Gasteiger partial charge in [0.05, 0.1) is 36.6 Å². The van der Waals surface area contributed by atoms with Crippen LogP contribution in [0.3, 0.4) is 0 Å². The number of hydrogen-bond donors (Lipinski definition) is 2. The summed E-state index contributed by atoms with van der Waals surface area (Å²) in [7, 11) is 0. The molecule has 3 aromatic rings. The lowest BCUT2D eigenvalue weighted by atomic mass is 9.78. The third kappa shape index (κ3) is 3.94. The number of anilines is 2. The van der Waals surface area contributed by atoms with Crippen molar-refractivity contribution in [1.82, 2.24) is 24.4 Å². The first-order chi connectivity index (χ1) is 16.9. The first kappa shape index (κ1) is 22.4. The van der Waals surface area contributed by atoms with E-state index in [0.29, 0.717) is 5.65 Å². The molecule has 0 radical (unpaired) electrons. The van der Waals surface area contributed by atoms with Crippen LogP contribution in [-0.4, -0.2) is 68.3 Å². The Balaban J connectivity index is 1.21. The minimum Gasteiger partial charge on any atom is -0.396 e. The quantitative estimate of drug-likeness (QED) is 0.550. The first-order valence-corrected chi connectivity index (χ1v) is 11.9. The smallest absolute Gasteiger partial charge is 0.284 e. The van der Waals surface area contributed by atoms with E-state index in [1.165, 1.54) is 21.6 Å². The molecule has 0 bridgehead atoms. The third-order valence-electron chi connectivity index (χ3n) is 7.46. The highest BCUT2D eigenvalue weighted by atomic mass is 19.3. The molecule has 3 aliphatic rings. The maximum absolute atomic E-state index is 13.8. The Morgan fingerprint density at radius 3 is 2.69 bits per heavy atom. The molecule has 2 N–H and O–H groups in total. The molecule has 1 aliphatic carbocycles. The molecule has 2 saturated heterocycles. The van der Waals surface area contributed by atoms with Gasteiger partial charge in [-0.15, -0.1) is 0 Å². The van der Waals surface area contributed by atoms with E-state index < -0.39 is 18.0 Å². The number of hydrogen-bond acceptors (Lipinski definition) is 7. The van der Waals surface area contributed by atoms with Gasteiger partial charge in [-0.05, 0) is 37.7 Å². The molecule has 35 heavy (non-hydrogen) atoms. The number of carbonyl (C=O) groups is 1. The molecule has 3 fully saturated rings. The summed E-state index contributed by atoms with van der Waals surface area (Å²) in [6.07, 6.45) is 4.89. The Hall–Kier alpha value is -3.12. The summed E-state index contributed by atoms with van der Waals surface area (Å²) in [6, 6.07) is 1.81. The number of aliphatic hydroxyl groups excluding tert-OH is 1. The zero-order valence-corrected chi connectivity index (χ0v) is 19.1. The number of ether oxygens (including phenoxy) is 1. The van der Waals surface area contributed by atoms with E-state index in [1.807, 2.05) is 6.07 Å². The number of rotatable bonds is 6. The number of carbonyl (C=O) groups excluding carboxylic acids is 1. The Kier molecular flexibility index (Phi) is 5.44. The van der Waals surface area contributed by atoms with Crippen molar-refractivity contribution in [2.24, 2.45) is 11.3 Å². The average Bonchev–Trinajstić information content (AvgIpc) is 3.41. The molecule has 6 rings (SSSR count). The lowest BCUT2D eigenvalue weighted by molar-refractivity contribution is -0.127. The van der Waals surface area contributed by atoms with Gasteiger partial charge in [0.15, 0.2) is 11.3 Å². The van der Waals surface area contributed by atoms with E-state index >= 15 is 0 Å². The van der Waals surface area contributed by atoms with Crippen LogP contribution in [0.15, 0.2) is 24.7 Å². The molecule has 12 heteroatoms. The minimum atomic E-state index is -2.83. The Labute approximate surface area is 199 Å². The van der Waals surface area contributed by atoms with Crippen molar-refractivity contribution < 1.29 is 23.4 Å². The maximum Gasteiger partial charge on any atom is 0.284 e. The number of aromatic nitrogens is 5. The number of nitrogens with zero attached hydrogens (tertiary/aromatic N) is 6. The van der Waals surface area contributed by atoms with Crippen LogP contribution in [-0.2, 0) is 4.74 Å². The van der Waals surface area contributed by atoms with Crippen LogP contribution < -0.4 is 10.2 Å². The van der Waals surface area contributed by atoms with Gasteiger partial charge in [-0.25, -0.2) is 18.3 Å². The highest BCUT2D eigenvalue weighted by molar-refractivity contribution is 6.08. The molecule has 1 spiro atoms. The van der Waals surface area contributed by atoms with Gasteiger partial charge in [-0.2, -0.15) is 10.2 Å². The van der Waals surface area contributed by atoms with Crippen LogP contribution in [0.2, 0.25) is 0 Å². The van der Waals surface area contributed by atoms with Crippen LogP contribution in [0, 0.1) is 11.3 Å². The van der Waals surface area contributed by atoms with Gasteiger partial charge in [0, 0.05) is 32.1 Å². The predicted octanol–water partition coefficient (Wildman–Crippen LogP) is 2.68. The van der Waals surface area contributed by atoms with Gasteiger partial charge < -0.3 is 20.1 Å². The highest BCUT2D eigenvalue weighted by Gasteiger charge is 2.49. The normalized spacial score (nSPS) is 23.5. The van der Waals surface area contributed by atoms with E-state index in [2.05, 4.69) is 25.4 Å². The van der Waals surface area contributed by atoms with Crippen molar-refractivity contribution >= 4 is 23.1 Å². The lowest BCUT2D eigenvalue weighted by Crippen LogP contribution is -2.66. The summed E-state index contributed by atoms with van der Waals surface area (Å²) in [5.74, 6) is 0.416. The van der Waals surface area contributed by atoms with Gasteiger partial charge in [0.25, 0.3) is 12.3 Å². The topological polar surface area (TPSA) is 110 Å². The van der Waals surface area contributed by atoms with Crippen LogP contribution in [0.5, 0.6) is 0 Å². The summed E-state index contributed by atoms with van der Waals surface area (Å²) in [5.41, 5.74) is 0.308. The van der Waals surface area contributed by atoms with Crippen molar-refractivity contribution in [3.63, 3.8) is 0 Å². The van der Waals surface area contributed by atoms with Gasteiger partial charge in [0.2, 0.25) is 0 Å². The van der Waals surface area contributed by atoms with Crippen molar-refractivity contribution in [2.45, 2.75) is 38.2 Å². The summed E-state index contributed by atoms with van der Waals surface area (Å²) >= 11 is 0. The molecule has 0 atom stereocenters. The highest BCUT2D eigenvalue weighted by Crippen LogP contribution is 2.40.